The molecule has 7 nitrogen and oxygen atoms in total. The topological polar surface area (TPSA) is 88.8 Å². The third kappa shape index (κ3) is 4.79. The molecule has 1 rings (SSSR count). The van der Waals surface area contributed by atoms with E-state index in [1.807, 2.05) is 13.8 Å². The number of benzene rings is 1. The Hall–Kier alpha value is -2.57. The van der Waals surface area contributed by atoms with Gasteiger partial charge in [-0.1, -0.05) is 0 Å². The molecular weight excluding hydrogens is 272 g/mol. The third-order valence-electron chi connectivity index (χ3n) is 2.53. The van der Waals surface area contributed by atoms with E-state index in [4.69, 9.17) is 4.74 Å². The van der Waals surface area contributed by atoms with E-state index in [0.717, 1.165) is 5.57 Å². The van der Waals surface area contributed by atoms with Crippen LogP contribution in [0.2, 0.25) is 0 Å². The molecule has 2 N–H and O–H groups in total. The van der Waals surface area contributed by atoms with E-state index < -0.39 is 4.92 Å². The maximum absolute atomic E-state index is 11.1. The van der Waals surface area contributed by atoms with Crippen LogP contribution in [0.4, 0.5) is 11.4 Å². The maximum atomic E-state index is 11.1. The average molecular weight is 292 g/mol. The zero-order valence-electron chi connectivity index (χ0n) is 12.6. The second-order valence-electron chi connectivity index (χ2n) is 4.37. The van der Waals surface area contributed by atoms with Crippen LogP contribution in [0.25, 0.3) is 0 Å². The largest absolute Gasteiger partial charge is 0.487 e. The summed E-state index contributed by atoms with van der Waals surface area (Å²) in [6.45, 7) is 7.76. The van der Waals surface area contributed by atoms with Gasteiger partial charge in [-0.05, 0) is 45.4 Å². The van der Waals surface area contributed by atoms with Crippen LogP contribution in [-0.2, 0) is 0 Å². The Morgan fingerprint density at radius 3 is 2.71 bits per heavy atom. The number of nitro groups is 1. The number of ether oxygens (including phenoxy) is 1. The lowest BCUT2D eigenvalue weighted by atomic mass is 10.2. The number of allylic oxidation sites excluding steroid dienone is 1. The quantitative estimate of drug-likeness (QED) is 0.457. The van der Waals surface area contributed by atoms with Gasteiger partial charge in [0.05, 0.1) is 11.5 Å². The number of hydrazone groups is 1. The van der Waals surface area contributed by atoms with Gasteiger partial charge in [0.1, 0.15) is 5.82 Å². The summed E-state index contributed by atoms with van der Waals surface area (Å²) in [5.41, 5.74) is 4.32. The maximum Gasteiger partial charge on any atom is 0.312 e. The smallest absolute Gasteiger partial charge is 0.312 e. The molecule has 0 aromatic heterocycles. The molecule has 0 aliphatic rings. The van der Waals surface area contributed by atoms with Crippen LogP contribution >= 0.6 is 0 Å². The monoisotopic (exact) mass is 292 g/mol. The molecule has 21 heavy (non-hydrogen) atoms. The highest BCUT2D eigenvalue weighted by molar-refractivity contribution is 5.60. The van der Waals surface area contributed by atoms with E-state index in [1.54, 1.807) is 32.2 Å². The lowest BCUT2D eigenvalue weighted by Crippen LogP contribution is -2.16. The fourth-order valence-electron chi connectivity index (χ4n) is 1.55. The van der Waals surface area contributed by atoms with Gasteiger partial charge < -0.3 is 10.1 Å². The number of hydrogen-bond donors (Lipinski definition) is 2. The van der Waals surface area contributed by atoms with Gasteiger partial charge in [-0.15, -0.1) is 0 Å². The molecule has 1 aromatic carbocycles. The minimum absolute atomic E-state index is 0.0750. The number of nitro benzene ring substituents is 1. The second kappa shape index (κ2) is 7.88. The normalized spacial score (nSPS) is 10.3. The van der Waals surface area contributed by atoms with Gasteiger partial charge in [-0.2, -0.15) is 5.10 Å². The van der Waals surface area contributed by atoms with E-state index in [-0.39, 0.29) is 11.4 Å². The van der Waals surface area contributed by atoms with Gasteiger partial charge in [-0.3, -0.25) is 15.5 Å². The number of nitrogens with zero attached hydrogens (tertiary/aromatic N) is 2. The van der Waals surface area contributed by atoms with Crippen molar-refractivity contribution in [2.24, 2.45) is 5.10 Å². The van der Waals surface area contributed by atoms with E-state index in [9.17, 15) is 10.1 Å². The first-order valence-electron chi connectivity index (χ1n) is 6.59. The summed E-state index contributed by atoms with van der Waals surface area (Å²) in [6, 6.07) is 4.74. The SMILES string of the molecule is C/C=N\NC(Nc1ccc(OCC)c([N+](=O)[O-])c1)=C(C)C. The Bertz CT molecular complexity index is 563. The van der Waals surface area contributed by atoms with Gasteiger partial charge in [0.2, 0.25) is 0 Å². The second-order valence-corrected chi connectivity index (χ2v) is 4.37. The van der Waals surface area contributed by atoms with Crippen molar-refractivity contribution in [3.8, 4) is 5.75 Å². The van der Waals surface area contributed by atoms with Crippen molar-refractivity contribution in [1.29, 1.82) is 0 Å². The number of anilines is 1. The Kier molecular flexibility index (Phi) is 6.19. The van der Waals surface area contributed by atoms with Gasteiger partial charge in [0.15, 0.2) is 5.75 Å². The molecule has 0 fully saturated rings. The molecule has 0 heterocycles. The van der Waals surface area contributed by atoms with E-state index in [1.165, 1.54) is 6.07 Å². The molecule has 1 aromatic rings. The Labute approximate surface area is 123 Å². The molecule has 0 saturated heterocycles. The summed E-state index contributed by atoms with van der Waals surface area (Å²) in [7, 11) is 0. The molecule has 0 radical (unpaired) electrons. The van der Waals surface area contributed by atoms with Crippen LogP contribution in [0.3, 0.4) is 0 Å². The van der Waals surface area contributed by atoms with Crippen LogP contribution in [0.5, 0.6) is 5.75 Å². The van der Waals surface area contributed by atoms with Crippen LogP contribution in [0.1, 0.15) is 27.7 Å². The van der Waals surface area contributed by atoms with Crippen molar-refractivity contribution < 1.29 is 9.66 Å². The van der Waals surface area contributed by atoms with E-state index >= 15 is 0 Å². The molecule has 0 aliphatic heterocycles. The van der Waals surface area contributed by atoms with Gasteiger partial charge in [0.25, 0.3) is 0 Å². The highest BCUT2D eigenvalue weighted by atomic mass is 16.6. The first-order chi connectivity index (χ1) is 9.99. The highest BCUT2D eigenvalue weighted by Gasteiger charge is 2.16. The standard InChI is InChI=1S/C14H20N4O3/c1-5-15-17-14(10(3)4)16-11-7-8-13(21-6-2)12(9-11)18(19)20/h5,7-9,16-17H,6H2,1-4H3/b15-5-. The van der Waals surface area contributed by atoms with Crippen molar-refractivity contribution >= 4 is 17.6 Å². The molecule has 0 atom stereocenters. The summed E-state index contributed by atoms with van der Waals surface area (Å²) in [5.74, 6) is 0.929. The van der Waals surface area contributed by atoms with Crippen LogP contribution in [0.15, 0.2) is 34.7 Å². The summed E-state index contributed by atoms with van der Waals surface area (Å²) < 4.78 is 5.25. The zero-order chi connectivity index (χ0) is 15.8. The van der Waals surface area contributed by atoms with Crippen molar-refractivity contribution in [3.63, 3.8) is 0 Å². The van der Waals surface area contributed by atoms with Crippen LogP contribution in [-0.4, -0.2) is 17.7 Å². The first kappa shape index (κ1) is 16.5. The predicted octanol–water partition coefficient (Wildman–Crippen LogP) is 3.25. The fourth-order valence-corrected chi connectivity index (χ4v) is 1.55. The fraction of sp³-hybridized carbons (Fsp3) is 0.357. The molecule has 0 spiro atoms. The number of hydrogen-bond acceptors (Lipinski definition) is 6. The molecule has 0 bridgehead atoms. The third-order valence-corrected chi connectivity index (χ3v) is 2.53. The first-order valence-corrected chi connectivity index (χ1v) is 6.59. The summed E-state index contributed by atoms with van der Waals surface area (Å²) in [6.07, 6.45) is 1.62. The van der Waals surface area contributed by atoms with Crippen LogP contribution in [0, 0.1) is 10.1 Å². The Morgan fingerprint density at radius 1 is 1.48 bits per heavy atom. The van der Waals surface area contributed by atoms with Gasteiger partial charge >= 0.3 is 5.69 Å². The van der Waals surface area contributed by atoms with Gasteiger partial charge in [0, 0.05) is 18.0 Å². The number of rotatable bonds is 7. The van der Waals surface area contributed by atoms with E-state index in [0.29, 0.717) is 18.1 Å². The van der Waals surface area contributed by atoms with Crippen molar-refractivity contribution in [3.05, 3.63) is 39.7 Å². The molecule has 0 saturated carbocycles. The molecule has 0 unspecified atom stereocenters. The minimum atomic E-state index is -0.462. The number of nitrogens with one attached hydrogen (secondary N) is 2. The summed E-state index contributed by atoms with van der Waals surface area (Å²) >= 11 is 0. The lowest BCUT2D eigenvalue weighted by molar-refractivity contribution is -0.385. The Morgan fingerprint density at radius 2 is 2.19 bits per heavy atom. The molecule has 0 amide bonds. The average Bonchev–Trinajstić information content (AvgIpc) is 2.44. The summed E-state index contributed by atoms with van der Waals surface area (Å²) in [5, 5.41) is 18.1. The van der Waals surface area contributed by atoms with Crippen molar-refractivity contribution in [1.82, 2.24) is 5.43 Å². The minimum Gasteiger partial charge on any atom is -0.487 e. The van der Waals surface area contributed by atoms with Crippen molar-refractivity contribution in [2.75, 3.05) is 11.9 Å². The molecular formula is C14H20N4O3. The highest BCUT2D eigenvalue weighted by Crippen LogP contribution is 2.30. The molecule has 0 aliphatic carbocycles. The zero-order valence-corrected chi connectivity index (χ0v) is 12.6. The van der Waals surface area contributed by atoms with E-state index in [2.05, 4.69) is 15.8 Å². The molecule has 7 heteroatoms. The van der Waals surface area contributed by atoms with Gasteiger partial charge in [-0.25, -0.2) is 0 Å². The summed E-state index contributed by atoms with van der Waals surface area (Å²) in [4.78, 5) is 10.6. The van der Waals surface area contributed by atoms with Crippen molar-refractivity contribution in [2.45, 2.75) is 27.7 Å². The lowest BCUT2D eigenvalue weighted by Gasteiger charge is -2.13. The van der Waals surface area contributed by atoms with Crippen LogP contribution < -0.4 is 15.5 Å². The molecule has 114 valence electrons. The Balaban J connectivity index is 3.06. The predicted molar refractivity (Wildman–Crippen MR) is 83.6 cm³/mol.